The van der Waals surface area contributed by atoms with Crippen LogP contribution in [0.3, 0.4) is 0 Å². The second-order valence-corrected chi connectivity index (χ2v) is 6.48. The molecule has 1 saturated heterocycles. The van der Waals surface area contributed by atoms with Gasteiger partial charge in [-0.05, 0) is 76.8 Å². The van der Waals surface area contributed by atoms with Gasteiger partial charge in [0.2, 0.25) is 0 Å². The standard InChI is InChI=1S/C15H29N/c1-4-14-5-7-15(8-6-14)9-11-16(12-10-15)13(2)3/h13-14H,4-12H2,1-3H3. The average molecular weight is 223 g/mol. The molecule has 1 heteroatoms. The summed E-state index contributed by atoms with van der Waals surface area (Å²) in [7, 11) is 0. The molecule has 0 amide bonds. The molecule has 1 aliphatic heterocycles. The molecule has 2 aliphatic rings. The highest BCUT2D eigenvalue weighted by atomic mass is 15.2. The summed E-state index contributed by atoms with van der Waals surface area (Å²) >= 11 is 0. The van der Waals surface area contributed by atoms with E-state index in [4.69, 9.17) is 0 Å². The van der Waals surface area contributed by atoms with E-state index < -0.39 is 0 Å². The second kappa shape index (κ2) is 5.08. The van der Waals surface area contributed by atoms with Gasteiger partial charge in [0.15, 0.2) is 0 Å². The molecule has 2 fully saturated rings. The van der Waals surface area contributed by atoms with Gasteiger partial charge in [0, 0.05) is 6.04 Å². The molecule has 1 heterocycles. The minimum absolute atomic E-state index is 0.754. The van der Waals surface area contributed by atoms with Crippen molar-refractivity contribution in [2.24, 2.45) is 11.3 Å². The number of nitrogens with zero attached hydrogens (tertiary/aromatic N) is 1. The van der Waals surface area contributed by atoms with E-state index in [0.717, 1.165) is 17.4 Å². The molecule has 0 bridgehead atoms. The molecule has 0 atom stereocenters. The third-order valence-electron chi connectivity index (χ3n) is 5.33. The topological polar surface area (TPSA) is 3.24 Å². The van der Waals surface area contributed by atoms with Gasteiger partial charge in [-0.15, -0.1) is 0 Å². The fraction of sp³-hybridized carbons (Fsp3) is 1.00. The van der Waals surface area contributed by atoms with Crippen molar-refractivity contribution in [1.82, 2.24) is 4.90 Å². The average Bonchev–Trinajstić information content (AvgIpc) is 2.31. The lowest BCUT2D eigenvalue weighted by atomic mass is 9.65. The van der Waals surface area contributed by atoms with Crippen LogP contribution in [0.4, 0.5) is 0 Å². The lowest BCUT2D eigenvalue weighted by Gasteiger charge is -2.47. The lowest BCUT2D eigenvalue weighted by molar-refractivity contribution is 0.0391. The van der Waals surface area contributed by atoms with Gasteiger partial charge in [-0.25, -0.2) is 0 Å². The maximum Gasteiger partial charge on any atom is 0.00385 e. The Morgan fingerprint density at radius 3 is 2.06 bits per heavy atom. The number of rotatable bonds is 2. The summed E-state index contributed by atoms with van der Waals surface area (Å²) in [6.45, 7) is 9.75. The highest BCUT2D eigenvalue weighted by Gasteiger charge is 2.37. The van der Waals surface area contributed by atoms with Crippen LogP contribution in [0.5, 0.6) is 0 Å². The molecule has 16 heavy (non-hydrogen) atoms. The van der Waals surface area contributed by atoms with Crippen LogP contribution in [0.15, 0.2) is 0 Å². The summed E-state index contributed by atoms with van der Waals surface area (Å²) < 4.78 is 0. The largest absolute Gasteiger partial charge is 0.301 e. The maximum absolute atomic E-state index is 2.66. The van der Waals surface area contributed by atoms with Crippen molar-refractivity contribution in [1.29, 1.82) is 0 Å². The molecule has 0 unspecified atom stereocenters. The van der Waals surface area contributed by atoms with Crippen LogP contribution >= 0.6 is 0 Å². The summed E-state index contributed by atoms with van der Waals surface area (Å²) in [4.78, 5) is 2.66. The normalized spacial score (nSPS) is 27.8. The van der Waals surface area contributed by atoms with Crippen molar-refractivity contribution in [2.75, 3.05) is 13.1 Å². The number of hydrogen-bond donors (Lipinski definition) is 0. The molecular formula is C15H29N. The highest BCUT2D eigenvalue weighted by Crippen LogP contribution is 2.47. The molecule has 1 spiro atoms. The molecule has 2 rings (SSSR count). The van der Waals surface area contributed by atoms with Gasteiger partial charge in [0.25, 0.3) is 0 Å². The number of piperidine rings is 1. The van der Waals surface area contributed by atoms with Crippen LogP contribution < -0.4 is 0 Å². The van der Waals surface area contributed by atoms with Crippen molar-refractivity contribution in [3.05, 3.63) is 0 Å². The number of hydrogen-bond acceptors (Lipinski definition) is 1. The van der Waals surface area contributed by atoms with Crippen LogP contribution in [0.25, 0.3) is 0 Å². The SMILES string of the molecule is CCC1CCC2(CC1)CCN(C(C)C)CC2. The van der Waals surface area contributed by atoms with Crippen LogP contribution in [0, 0.1) is 11.3 Å². The van der Waals surface area contributed by atoms with E-state index in [1.165, 1.54) is 58.0 Å². The van der Waals surface area contributed by atoms with Gasteiger partial charge < -0.3 is 4.90 Å². The third kappa shape index (κ3) is 2.61. The first kappa shape index (κ1) is 12.4. The van der Waals surface area contributed by atoms with Crippen LogP contribution in [-0.4, -0.2) is 24.0 Å². The predicted molar refractivity (Wildman–Crippen MR) is 70.6 cm³/mol. The predicted octanol–water partition coefficient (Wildman–Crippen LogP) is 4.08. The van der Waals surface area contributed by atoms with Crippen molar-refractivity contribution < 1.29 is 0 Å². The van der Waals surface area contributed by atoms with E-state index >= 15 is 0 Å². The Labute approximate surface area is 102 Å². The molecule has 1 saturated carbocycles. The fourth-order valence-corrected chi connectivity index (χ4v) is 3.71. The molecule has 0 aromatic carbocycles. The maximum atomic E-state index is 2.66. The summed E-state index contributed by atoms with van der Waals surface area (Å²) in [6.07, 6.45) is 10.4. The molecule has 0 radical (unpaired) electrons. The van der Waals surface area contributed by atoms with Gasteiger partial charge in [-0.3, -0.25) is 0 Å². The molecule has 0 N–H and O–H groups in total. The summed E-state index contributed by atoms with van der Waals surface area (Å²) in [6, 6.07) is 0.754. The van der Waals surface area contributed by atoms with E-state index in [1.807, 2.05) is 0 Å². The molecular weight excluding hydrogens is 194 g/mol. The van der Waals surface area contributed by atoms with Gasteiger partial charge in [0.1, 0.15) is 0 Å². The Kier molecular flexibility index (Phi) is 3.94. The Morgan fingerprint density at radius 1 is 1.06 bits per heavy atom. The molecule has 94 valence electrons. The van der Waals surface area contributed by atoms with Crippen molar-refractivity contribution in [3.63, 3.8) is 0 Å². The first-order chi connectivity index (χ1) is 7.65. The zero-order valence-electron chi connectivity index (χ0n) is 11.5. The van der Waals surface area contributed by atoms with Gasteiger partial charge in [-0.2, -0.15) is 0 Å². The van der Waals surface area contributed by atoms with Crippen molar-refractivity contribution in [2.45, 2.75) is 71.8 Å². The van der Waals surface area contributed by atoms with Gasteiger partial charge in [-0.1, -0.05) is 13.3 Å². The van der Waals surface area contributed by atoms with Crippen LogP contribution in [0.1, 0.15) is 65.7 Å². The zero-order chi connectivity index (χ0) is 11.6. The van der Waals surface area contributed by atoms with E-state index in [0.29, 0.717) is 0 Å². The van der Waals surface area contributed by atoms with E-state index in [-0.39, 0.29) is 0 Å². The van der Waals surface area contributed by atoms with E-state index in [2.05, 4.69) is 25.7 Å². The minimum Gasteiger partial charge on any atom is -0.301 e. The van der Waals surface area contributed by atoms with Crippen molar-refractivity contribution in [3.8, 4) is 0 Å². The van der Waals surface area contributed by atoms with E-state index in [1.54, 1.807) is 0 Å². The van der Waals surface area contributed by atoms with Gasteiger partial charge in [0.05, 0.1) is 0 Å². The first-order valence-corrected chi connectivity index (χ1v) is 7.39. The highest BCUT2D eigenvalue weighted by molar-refractivity contribution is 4.90. The Bertz CT molecular complexity index is 203. The molecule has 0 aromatic rings. The first-order valence-electron chi connectivity index (χ1n) is 7.39. The minimum atomic E-state index is 0.754. The Morgan fingerprint density at radius 2 is 1.62 bits per heavy atom. The fourth-order valence-electron chi connectivity index (χ4n) is 3.71. The summed E-state index contributed by atoms with van der Waals surface area (Å²) in [5.41, 5.74) is 0.761. The Hall–Kier alpha value is -0.0400. The van der Waals surface area contributed by atoms with E-state index in [9.17, 15) is 0 Å². The summed E-state index contributed by atoms with van der Waals surface area (Å²) in [5.74, 6) is 1.05. The summed E-state index contributed by atoms with van der Waals surface area (Å²) in [5, 5.41) is 0. The third-order valence-corrected chi connectivity index (χ3v) is 5.33. The lowest BCUT2D eigenvalue weighted by Crippen LogP contribution is -2.44. The monoisotopic (exact) mass is 223 g/mol. The molecule has 0 aromatic heterocycles. The Balaban J connectivity index is 1.84. The molecule has 1 aliphatic carbocycles. The van der Waals surface area contributed by atoms with Crippen LogP contribution in [-0.2, 0) is 0 Å². The second-order valence-electron chi connectivity index (χ2n) is 6.48. The zero-order valence-corrected chi connectivity index (χ0v) is 11.5. The smallest absolute Gasteiger partial charge is 0.00385 e. The van der Waals surface area contributed by atoms with Crippen molar-refractivity contribution >= 4 is 0 Å². The van der Waals surface area contributed by atoms with Crippen LogP contribution in [0.2, 0.25) is 0 Å². The molecule has 1 nitrogen and oxygen atoms in total. The number of likely N-dealkylation sites (tertiary alicyclic amines) is 1. The quantitative estimate of drug-likeness (QED) is 0.682. The van der Waals surface area contributed by atoms with Gasteiger partial charge >= 0.3 is 0 Å².